The average molecular weight is 959 g/mol. The van der Waals surface area contributed by atoms with Crippen LogP contribution in [-0.4, -0.2) is 73.4 Å². The highest BCUT2D eigenvalue weighted by Crippen LogP contribution is 2.43. The number of nitrogens with zero attached hydrogens (tertiary/aromatic N) is 1. The van der Waals surface area contributed by atoms with E-state index in [9.17, 15) is 19.4 Å². The SMILES string of the molecule is CCCCCCCCCCCCCCCCCCCCCCCCCCCCCCCC(=O)N[C@@H](COP(=O)(O)OCC[N+](C)(C)C)[C@H](O)CCCCCCCCCCCCCCCCC. The van der Waals surface area contributed by atoms with Crippen LogP contribution in [0.3, 0.4) is 0 Å². The number of carbonyl (C=O) groups is 1. The van der Waals surface area contributed by atoms with Gasteiger partial charge in [-0.1, -0.05) is 290 Å². The van der Waals surface area contributed by atoms with Gasteiger partial charge < -0.3 is 19.8 Å². The van der Waals surface area contributed by atoms with Crippen LogP contribution in [0.4, 0.5) is 0 Å². The van der Waals surface area contributed by atoms with Gasteiger partial charge in [-0.15, -0.1) is 0 Å². The summed E-state index contributed by atoms with van der Waals surface area (Å²) in [6.45, 7) is 4.94. The van der Waals surface area contributed by atoms with E-state index in [-0.39, 0.29) is 19.1 Å². The number of hydrogen-bond donors (Lipinski definition) is 3. The lowest BCUT2D eigenvalue weighted by Crippen LogP contribution is -2.46. The number of aliphatic hydroxyl groups is 1. The number of hydrogen-bond acceptors (Lipinski definition) is 5. The van der Waals surface area contributed by atoms with Gasteiger partial charge in [-0.25, -0.2) is 4.57 Å². The summed E-state index contributed by atoms with van der Waals surface area (Å²) in [5, 5.41) is 14.1. The molecule has 0 saturated carbocycles. The number of phosphoric acid groups is 1. The molecule has 8 nitrogen and oxygen atoms in total. The molecule has 0 heterocycles. The molecule has 0 bridgehead atoms. The third-order valence-electron chi connectivity index (χ3n) is 13.9. The van der Waals surface area contributed by atoms with Crippen LogP contribution in [0.5, 0.6) is 0 Å². The smallest absolute Gasteiger partial charge is 0.391 e. The Bertz CT molecular complexity index is 1040. The maximum atomic E-state index is 13.0. The van der Waals surface area contributed by atoms with Crippen molar-refractivity contribution in [1.82, 2.24) is 5.32 Å². The molecule has 66 heavy (non-hydrogen) atoms. The van der Waals surface area contributed by atoms with E-state index in [1.807, 2.05) is 21.1 Å². The highest BCUT2D eigenvalue weighted by atomic mass is 31.2. The zero-order valence-corrected chi connectivity index (χ0v) is 46.1. The van der Waals surface area contributed by atoms with Gasteiger partial charge in [-0.3, -0.25) is 13.8 Å². The van der Waals surface area contributed by atoms with Crippen molar-refractivity contribution in [3.8, 4) is 0 Å². The topological polar surface area (TPSA) is 105 Å². The van der Waals surface area contributed by atoms with Gasteiger partial charge in [0, 0.05) is 6.42 Å². The number of aliphatic hydroxyl groups excluding tert-OH is 1. The molecule has 0 aliphatic heterocycles. The van der Waals surface area contributed by atoms with Crippen molar-refractivity contribution < 1.29 is 32.9 Å². The predicted octanol–water partition coefficient (Wildman–Crippen LogP) is 17.7. The van der Waals surface area contributed by atoms with E-state index >= 15 is 0 Å². The highest BCUT2D eigenvalue weighted by molar-refractivity contribution is 7.47. The van der Waals surface area contributed by atoms with Gasteiger partial charge in [0.25, 0.3) is 0 Å². The molecule has 0 fully saturated rings. The second-order valence-corrected chi connectivity index (χ2v) is 23.2. The minimum Gasteiger partial charge on any atom is -0.391 e. The summed E-state index contributed by atoms with van der Waals surface area (Å²) in [6, 6.07) is -0.754. The first-order valence-corrected chi connectivity index (χ1v) is 30.9. The Balaban J connectivity index is 4.01. The van der Waals surface area contributed by atoms with Crippen LogP contribution in [-0.2, 0) is 18.4 Å². The number of nitrogens with one attached hydrogen (secondary N) is 1. The molecule has 0 aromatic rings. The maximum Gasteiger partial charge on any atom is 0.472 e. The van der Waals surface area contributed by atoms with Crippen molar-refractivity contribution in [1.29, 1.82) is 0 Å². The fourth-order valence-corrected chi connectivity index (χ4v) is 9.96. The molecule has 3 N–H and O–H groups in total. The molecule has 1 amide bonds. The van der Waals surface area contributed by atoms with Crippen LogP contribution in [0.1, 0.15) is 309 Å². The highest BCUT2D eigenvalue weighted by Gasteiger charge is 2.28. The zero-order valence-electron chi connectivity index (χ0n) is 45.2. The third kappa shape index (κ3) is 51.4. The normalized spacial score (nSPS) is 13.9. The minimum absolute atomic E-state index is 0.0790. The molecule has 0 saturated heterocycles. The van der Waals surface area contributed by atoms with Crippen molar-refractivity contribution in [2.24, 2.45) is 0 Å². The Kier molecular flexibility index (Phi) is 49.1. The molecular formula is C57H118N2O6P+. The second-order valence-electron chi connectivity index (χ2n) is 21.7. The predicted molar refractivity (Wildman–Crippen MR) is 286 cm³/mol. The average Bonchev–Trinajstić information content (AvgIpc) is 3.28. The molecule has 0 aromatic carbocycles. The molecule has 0 radical (unpaired) electrons. The Labute approximate surface area is 412 Å². The lowest BCUT2D eigenvalue weighted by Gasteiger charge is -2.26. The van der Waals surface area contributed by atoms with Crippen molar-refractivity contribution in [2.75, 3.05) is 40.9 Å². The van der Waals surface area contributed by atoms with Gasteiger partial charge in [-0.05, 0) is 12.8 Å². The molecule has 1 unspecified atom stereocenters. The summed E-state index contributed by atoms with van der Waals surface area (Å²) in [5.74, 6) is -0.136. The standard InChI is InChI=1S/C57H117N2O6P/c1-6-8-10-12-14-16-18-20-22-23-24-25-26-27-28-29-30-31-32-33-34-35-37-39-41-43-45-47-49-51-57(61)58-55(54-65-66(62,63)64-53-52-59(3,4)5)56(60)50-48-46-44-42-40-38-36-21-19-17-15-13-11-9-7-2/h55-56,60H,6-54H2,1-5H3,(H-,58,61,62,63)/p+1/t55-,56+/m0/s1. The first kappa shape index (κ1) is 65.5. The van der Waals surface area contributed by atoms with E-state index in [1.54, 1.807) is 0 Å². The largest absolute Gasteiger partial charge is 0.472 e. The van der Waals surface area contributed by atoms with E-state index in [4.69, 9.17) is 9.05 Å². The van der Waals surface area contributed by atoms with Crippen LogP contribution in [0.2, 0.25) is 0 Å². The van der Waals surface area contributed by atoms with Crippen molar-refractivity contribution >= 4 is 13.7 Å². The van der Waals surface area contributed by atoms with Crippen LogP contribution < -0.4 is 5.32 Å². The van der Waals surface area contributed by atoms with Gasteiger partial charge in [0.1, 0.15) is 13.2 Å². The van der Waals surface area contributed by atoms with Crippen LogP contribution in [0, 0.1) is 0 Å². The number of quaternary nitrogens is 1. The van der Waals surface area contributed by atoms with Gasteiger partial charge >= 0.3 is 7.82 Å². The van der Waals surface area contributed by atoms with Gasteiger partial charge in [0.2, 0.25) is 5.91 Å². The summed E-state index contributed by atoms with van der Waals surface area (Å²) in [6.07, 6.45) is 58.8. The van der Waals surface area contributed by atoms with E-state index in [1.165, 1.54) is 244 Å². The number of rotatable bonds is 55. The van der Waals surface area contributed by atoms with Crippen molar-refractivity contribution in [3.05, 3.63) is 0 Å². The number of phosphoric ester groups is 1. The quantitative estimate of drug-likeness (QED) is 0.0319. The van der Waals surface area contributed by atoms with Gasteiger partial charge in [0.15, 0.2) is 0 Å². The van der Waals surface area contributed by atoms with E-state index < -0.39 is 20.0 Å². The first-order valence-electron chi connectivity index (χ1n) is 29.4. The summed E-state index contributed by atoms with van der Waals surface area (Å²) in [7, 11) is 1.64. The van der Waals surface area contributed by atoms with Gasteiger partial charge in [-0.2, -0.15) is 0 Å². The second kappa shape index (κ2) is 49.5. The molecule has 0 aliphatic rings. The van der Waals surface area contributed by atoms with Gasteiger partial charge in [0.05, 0.1) is 39.9 Å². The first-order chi connectivity index (χ1) is 32.0. The number of likely N-dealkylation sites (N-methyl/N-ethyl adjacent to an activating group) is 1. The Morgan fingerprint density at radius 1 is 0.455 bits per heavy atom. The summed E-state index contributed by atoms with van der Waals surface area (Å²) < 4.78 is 23.8. The minimum atomic E-state index is -4.31. The molecule has 3 atom stereocenters. The molecule has 0 aromatic heterocycles. The molecule has 0 rings (SSSR count). The summed E-state index contributed by atoms with van der Waals surface area (Å²) >= 11 is 0. The lowest BCUT2D eigenvalue weighted by atomic mass is 10.0. The van der Waals surface area contributed by atoms with E-state index in [0.717, 1.165) is 38.5 Å². The third-order valence-corrected chi connectivity index (χ3v) is 14.8. The monoisotopic (exact) mass is 958 g/mol. The fourth-order valence-electron chi connectivity index (χ4n) is 9.23. The molecule has 9 heteroatoms. The van der Waals surface area contributed by atoms with E-state index in [2.05, 4.69) is 19.2 Å². The summed E-state index contributed by atoms with van der Waals surface area (Å²) in [5.41, 5.74) is 0. The maximum absolute atomic E-state index is 13.0. The number of amides is 1. The fraction of sp³-hybridized carbons (Fsp3) is 0.982. The van der Waals surface area contributed by atoms with E-state index in [0.29, 0.717) is 23.9 Å². The molecule has 0 spiro atoms. The molecule has 0 aliphatic carbocycles. The van der Waals surface area contributed by atoms with Crippen LogP contribution in [0.25, 0.3) is 0 Å². The Hall–Kier alpha value is -0.500. The summed E-state index contributed by atoms with van der Waals surface area (Å²) in [4.78, 5) is 23.3. The number of carbonyl (C=O) groups excluding carboxylic acids is 1. The number of unbranched alkanes of at least 4 members (excludes halogenated alkanes) is 42. The zero-order chi connectivity index (χ0) is 48.5. The Morgan fingerprint density at radius 3 is 1.02 bits per heavy atom. The van der Waals surface area contributed by atoms with Crippen molar-refractivity contribution in [3.63, 3.8) is 0 Å². The van der Waals surface area contributed by atoms with Crippen molar-refractivity contribution in [2.45, 2.75) is 321 Å². The Morgan fingerprint density at radius 2 is 0.727 bits per heavy atom. The molecular weight excluding hydrogens is 840 g/mol. The molecule has 396 valence electrons. The van der Waals surface area contributed by atoms with Crippen LogP contribution >= 0.6 is 7.82 Å². The lowest BCUT2D eigenvalue weighted by molar-refractivity contribution is -0.870. The van der Waals surface area contributed by atoms with Crippen LogP contribution in [0.15, 0.2) is 0 Å².